The zero-order chi connectivity index (χ0) is 10.9. The van der Waals surface area contributed by atoms with Gasteiger partial charge in [-0.3, -0.25) is 4.79 Å². The first-order valence-electron chi connectivity index (χ1n) is 5.50. The molecule has 0 amide bonds. The third-order valence-corrected chi connectivity index (χ3v) is 3.20. The van der Waals surface area contributed by atoms with E-state index in [0.29, 0.717) is 0 Å². The van der Waals surface area contributed by atoms with Crippen LogP contribution in [0.25, 0.3) is 0 Å². The molecular formula is C13H17NO. The average Bonchev–Trinajstić information content (AvgIpc) is 2.25. The van der Waals surface area contributed by atoms with E-state index in [1.807, 2.05) is 31.2 Å². The number of nitrogens with one attached hydrogen (secondary N) is 1. The molecule has 0 unspecified atom stereocenters. The molecule has 1 aromatic carbocycles. The lowest BCUT2D eigenvalue weighted by molar-refractivity contribution is 0.0721. The van der Waals surface area contributed by atoms with Gasteiger partial charge in [0.05, 0.1) is 5.41 Å². The Kier molecular flexibility index (Phi) is 2.61. The summed E-state index contributed by atoms with van der Waals surface area (Å²) in [6.45, 7) is 5.76. The predicted octanol–water partition coefficient (Wildman–Crippen LogP) is 2.04. The Morgan fingerprint density at radius 2 is 1.93 bits per heavy atom. The molecule has 0 atom stereocenters. The molecule has 0 radical (unpaired) electrons. The number of aryl methyl sites for hydroxylation is 1. The largest absolute Gasteiger partial charge is 0.315 e. The molecule has 0 saturated carbocycles. The lowest BCUT2D eigenvalue weighted by Crippen LogP contribution is -2.56. The third kappa shape index (κ3) is 1.82. The van der Waals surface area contributed by atoms with E-state index in [-0.39, 0.29) is 11.2 Å². The van der Waals surface area contributed by atoms with Crippen LogP contribution in [0.5, 0.6) is 0 Å². The zero-order valence-electron chi connectivity index (χ0n) is 9.34. The zero-order valence-corrected chi connectivity index (χ0v) is 9.34. The van der Waals surface area contributed by atoms with Gasteiger partial charge in [-0.1, -0.05) is 31.2 Å². The van der Waals surface area contributed by atoms with Crippen LogP contribution in [0.4, 0.5) is 0 Å². The van der Waals surface area contributed by atoms with Crippen molar-refractivity contribution in [3.8, 4) is 0 Å². The van der Waals surface area contributed by atoms with E-state index in [1.54, 1.807) is 0 Å². The molecule has 0 aromatic heterocycles. The highest BCUT2D eigenvalue weighted by molar-refractivity contribution is 6.01. The van der Waals surface area contributed by atoms with Gasteiger partial charge in [-0.25, -0.2) is 0 Å². The lowest BCUT2D eigenvalue weighted by Gasteiger charge is -2.37. The number of benzene rings is 1. The van der Waals surface area contributed by atoms with Crippen molar-refractivity contribution < 1.29 is 4.79 Å². The smallest absolute Gasteiger partial charge is 0.171 e. The third-order valence-electron chi connectivity index (χ3n) is 3.20. The molecule has 1 aliphatic rings. The summed E-state index contributed by atoms with van der Waals surface area (Å²) in [5.41, 5.74) is 1.95. The van der Waals surface area contributed by atoms with E-state index in [4.69, 9.17) is 0 Å². The van der Waals surface area contributed by atoms with Gasteiger partial charge in [-0.2, -0.15) is 0 Å². The molecule has 1 heterocycles. The van der Waals surface area contributed by atoms with Crippen molar-refractivity contribution in [1.29, 1.82) is 0 Å². The minimum Gasteiger partial charge on any atom is -0.315 e. The molecule has 1 saturated heterocycles. The molecule has 2 rings (SSSR count). The number of rotatable bonds is 3. The maximum absolute atomic E-state index is 12.1. The second kappa shape index (κ2) is 3.78. The maximum atomic E-state index is 12.1. The minimum absolute atomic E-state index is 0.173. The van der Waals surface area contributed by atoms with Crippen LogP contribution in [-0.4, -0.2) is 18.9 Å². The number of carbonyl (C=O) groups excluding carboxylic acids is 1. The Morgan fingerprint density at radius 1 is 1.33 bits per heavy atom. The molecule has 1 N–H and O–H groups in total. The highest BCUT2D eigenvalue weighted by Gasteiger charge is 2.39. The summed E-state index contributed by atoms with van der Waals surface area (Å²) in [5.74, 6) is 0.268. The topological polar surface area (TPSA) is 29.1 Å². The highest BCUT2D eigenvalue weighted by Crippen LogP contribution is 2.26. The van der Waals surface area contributed by atoms with Crippen molar-refractivity contribution in [1.82, 2.24) is 5.32 Å². The molecule has 1 aromatic rings. The first kappa shape index (κ1) is 10.4. The van der Waals surface area contributed by atoms with Gasteiger partial charge in [0.1, 0.15) is 0 Å². The van der Waals surface area contributed by atoms with Crippen molar-refractivity contribution in [3.63, 3.8) is 0 Å². The summed E-state index contributed by atoms with van der Waals surface area (Å²) in [7, 11) is 0. The van der Waals surface area contributed by atoms with Crippen LogP contribution in [-0.2, 0) is 6.42 Å². The quantitative estimate of drug-likeness (QED) is 0.762. The van der Waals surface area contributed by atoms with Crippen molar-refractivity contribution in [2.24, 2.45) is 5.41 Å². The van der Waals surface area contributed by atoms with Gasteiger partial charge in [0, 0.05) is 18.7 Å². The van der Waals surface area contributed by atoms with Crippen LogP contribution >= 0.6 is 0 Å². The molecular weight excluding hydrogens is 186 g/mol. The van der Waals surface area contributed by atoms with Gasteiger partial charge in [0.25, 0.3) is 0 Å². The van der Waals surface area contributed by atoms with Crippen LogP contribution in [0.3, 0.4) is 0 Å². The minimum atomic E-state index is -0.173. The molecule has 0 bridgehead atoms. The van der Waals surface area contributed by atoms with Crippen LogP contribution in [0.1, 0.15) is 29.8 Å². The predicted molar refractivity (Wildman–Crippen MR) is 61.1 cm³/mol. The van der Waals surface area contributed by atoms with Crippen molar-refractivity contribution in [2.45, 2.75) is 20.3 Å². The first-order chi connectivity index (χ1) is 7.15. The monoisotopic (exact) mass is 203 g/mol. The molecule has 1 fully saturated rings. The maximum Gasteiger partial charge on any atom is 0.171 e. The number of ketones is 1. The fourth-order valence-corrected chi connectivity index (χ4v) is 1.90. The summed E-state index contributed by atoms with van der Waals surface area (Å²) in [4.78, 5) is 12.1. The van der Waals surface area contributed by atoms with E-state index in [1.165, 1.54) is 5.56 Å². The summed E-state index contributed by atoms with van der Waals surface area (Å²) < 4.78 is 0. The Morgan fingerprint density at radius 3 is 2.33 bits per heavy atom. The highest BCUT2D eigenvalue weighted by atomic mass is 16.1. The van der Waals surface area contributed by atoms with Gasteiger partial charge >= 0.3 is 0 Å². The standard InChI is InChI=1S/C13H17NO/c1-3-10-4-6-11(7-5-10)12(15)13(2)8-14-9-13/h4-7,14H,3,8-9H2,1-2H3. The molecule has 80 valence electrons. The summed E-state index contributed by atoms with van der Waals surface area (Å²) >= 11 is 0. The Labute approximate surface area is 90.7 Å². The second-order valence-electron chi connectivity index (χ2n) is 4.54. The molecule has 0 aliphatic carbocycles. The molecule has 2 nitrogen and oxygen atoms in total. The van der Waals surface area contributed by atoms with Crippen LogP contribution in [0.15, 0.2) is 24.3 Å². The Bertz CT molecular complexity index is 363. The van der Waals surface area contributed by atoms with Gasteiger partial charge in [-0.05, 0) is 18.9 Å². The number of Topliss-reactive ketones (excluding diaryl/α,β-unsaturated/α-hetero) is 1. The molecule has 15 heavy (non-hydrogen) atoms. The summed E-state index contributed by atoms with van der Waals surface area (Å²) in [6, 6.07) is 7.99. The molecule has 1 aliphatic heterocycles. The van der Waals surface area contributed by atoms with Crippen LogP contribution in [0.2, 0.25) is 0 Å². The average molecular weight is 203 g/mol. The number of hydrogen-bond acceptors (Lipinski definition) is 2. The van der Waals surface area contributed by atoms with Gasteiger partial charge in [-0.15, -0.1) is 0 Å². The number of carbonyl (C=O) groups is 1. The van der Waals surface area contributed by atoms with Gasteiger partial charge in [0.15, 0.2) is 5.78 Å². The van der Waals surface area contributed by atoms with Gasteiger partial charge < -0.3 is 5.32 Å². The fraction of sp³-hybridized carbons (Fsp3) is 0.462. The van der Waals surface area contributed by atoms with E-state index >= 15 is 0 Å². The van der Waals surface area contributed by atoms with Crippen molar-refractivity contribution in [2.75, 3.05) is 13.1 Å². The number of hydrogen-bond donors (Lipinski definition) is 1. The Balaban J connectivity index is 2.18. The van der Waals surface area contributed by atoms with Crippen LogP contribution in [0, 0.1) is 5.41 Å². The molecule has 2 heteroatoms. The fourth-order valence-electron chi connectivity index (χ4n) is 1.90. The Hall–Kier alpha value is -1.15. The van der Waals surface area contributed by atoms with E-state index < -0.39 is 0 Å². The second-order valence-corrected chi connectivity index (χ2v) is 4.54. The summed E-state index contributed by atoms with van der Waals surface area (Å²) in [6.07, 6.45) is 1.02. The van der Waals surface area contributed by atoms with Crippen molar-refractivity contribution in [3.05, 3.63) is 35.4 Å². The first-order valence-corrected chi connectivity index (χ1v) is 5.50. The SMILES string of the molecule is CCc1ccc(C(=O)C2(C)CNC2)cc1. The van der Waals surface area contributed by atoms with Crippen molar-refractivity contribution >= 4 is 5.78 Å². The normalized spacial score (nSPS) is 18.3. The van der Waals surface area contributed by atoms with E-state index in [9.17, 15) is 4.79 Å². The summed E-state index contributed by atoms with van der Waals surface area (Å²) in [5, 5.41) is 3.15. The molecule has 0 spiro atoms. The van der Waals surface area contributed by atoms with Crippen LogP contribution < -0.4 is 5.32 Å². The van der Waals surface area contributed by atoms with E-state index in [0.717, 1.165) is 25.1 Å². The lowest BCUT2D eigenvalue weighted by atomic mass is 9.77. The van der Waals surface area contributed by atoms with E-state index in [2.05, 4.69) is 12.2 Å². The van der Waals surface area contributed by atoms with Gasteiger partial charge in [0.2, 0.25) is 0 Å².